The molecule has 0 aromatic rings. The van der Waals surface area contributed by atoms with E-state index in [4.69, 9.17) is 15.9 Å². The maximum Gasteiger partial charge on any atom is 0.196 e. The molecule has 2 fully saturated rings. The smallest absolute Gasteiger partial charge is 0.196 e. The number of ether oxygens (including phenoxy) is 2. The van der Waals surface area contributed by atoms with Crippen LogP contribution in [0, 0.1) is 45.8 Å². The van der Waals surface area contributed by atoms with E-state index in [1.165, 1.54) is 0 Å². The molecule has 4 nitrogen and oxygen atoms in total. The van der Waals surface area contributed by atoms with Crippen molar-refractivity contribution in [3.63, 3.8) is 0 Å². The number of terminal acetylenes is 1. The molecule has 168 valence electrons. The Balaban J connectivity index is 1.77. The average molecular weight is 440 g/mol. The zero-order chi connectivity index (χ0) is 23.1. The summed E-state index contributed by atoms with van der Waals surface area (Å²) in [7, 11) is -1.10. The molecular weight excluding hydrogens is 402 g/mol. The maximum absolute atomic E-state index is 12.6. The van der Waals surface area contributed by atoms with Crippen LogP contribution < -0.4 is 0 Å². The molecule has 0 radical (unpaired) electrons. The monoisotopic (exact) mass is 439 g/mol. The third-order valence-electron chi connectivity index (χ3n) is 8.00. The van der Waals surface area contributed by atoms with Gasteiger partial charge < -0.3 is 9.47 Å². The fourth-order valence-electron chi connectivity index (χ4n) is 6.17. The van der Waals surface area contributed by atoms with Gasteiger partial charge in [0.1, 0.15) is 12.9 Å². The minimum atomic E-state index is -1.10. The lowest BCUT2D eigenvalue weighted by Crippen LogP contribution is -2.56. The van der Waals surface area contributed by atoms with Crippen molar-refractivity contribution in [3.8, 4) is 18.4 Å². The summed E-state index contributed by atoms with van der Waals surface area (Å²) in [5.74, 6) is 3.10. The number of fused-ring (bicyclic) bond motifs is 3. The molecule has 2 saturated carbocycles. The van der Waals surface area contributed by atoms with Gasteiger partial charge in [-0.25, -0.2) is 0 Å². The second-order valence-corrected chi connectivity index (χ2v) is 17.2. The van der Waals surface area contributed by atoms with Crippen molar-refractivity contribution in [1.29, 1.82) is 5.26 Å². The summed E-state index contributed by atoms with van der Waals surface area (Å²) in [5, 5.41) is 9.38. The molecular formula is C26H37NO3Si. The summed E-state index contributed by atoms with van der Waals surface area (Å²) < 4.78 is 12.1. The standard InChI is InChI=1S/C26H37NO3Si/c1-8-26-12-9-21-24(2,3)23(30-18-29-13-14-31(5,6)7)10-11-25(21,4)22(26)15-20(28)19(16-26)17-27/h1,15-16,21,23H,9-14,18H2,2-7H3/t21-,23+,25-,26-/m0/s1. The van der Waals surface area contributed by atoms with Gasteiger partial charge in [0.25, 0.3) is 0 Å². The minimum absolute atomic E-state index is 0.0704. The summed E-state index contributed by atoms with van der Waals surface area (Å²) >= 11 is 0. The van der Waals surface area contributed by atoms with Gasteiger partial charge in [-0.05, 0) is 66.2 Å². The van der Waals surface area contributed by atoms with Gasteiger partial charge in [-0.1, -0.05) is 46.3 Å². The third kappa shape index (κ3) is 4.33. The zero-order valence-electron chi connectivity index (χ0n) is 20.0. The van der Waals surface area contributed by atoms with Crippen LogP contribution in [-0.2, 0) is 14.3 Å². The van der Waals surface area contributed by atoms with Crippen LogP contribution in [0.2, 0.25) is 25.7 Å². The molecule has 0 heterocycles. The first kappa shape index (κ1) is 24.0. The van der Waals surface area contributed by atoms with Crippen LogP contribution >= 0.6 is 0 Å². The van der Waals surface area contributed by atoms with E-state index >= 15 is 0 Å². The molecule has 0 spiro atoms. The Morgan fingerprint density at radius 2 is 1.94 bits per heavy atom. The fourth-order valence-corrected chi connectivity index (χ4v) is 6.92. The number of carbonyl (C=O) groups excluding carboxylic acids is 1. The van der Waals surface area contributed by atoms with Crippen LogP contribution in [-0.4, -0.2) is 33.4 Å². The first-order chi connectivity index (χ1) is 14.4. The van der Waals surface area contributed by atoms with Gasteiger partial charge in [-0.3, -0.25) is 4.79 Å². The van der Waals surface area contributed by atoms with Gasteiger partial charge >= 0.3 is 0 Å². The molecule has 4 atom stereocenters. The van der Waals surface area contributed by atoms with Crippen molar-refractivity contribution in [2.24, 2.45) is 22.2 Å². The minimum Gasteiger partial charge on any atom is -0.356 e. The van der Waals surface area contributed by atoms with Crippen LogP contribution in [0.5, 0.6) is 0 Å². The number of nitrogens with zero attached hydrogens (tertiary/aromatic N) is 1. The lowest BCUT2D eigenvalue weighted by atomic mass is 9.44. The summed E-state index contributed by atoms with van der Waals surface area (Å²) in [4.78, 5) is 12.6. The van der Waals surface area contributed by atoms with Crippen molar-refractivity contribution in [2.75, 3.05) is 13.4 Å². The Kier molecular flexibility index (Phi) is 6.47. The molecule has 3 aliphatic carbocycles. The molecule has 31 heavy (non-hydrogen) atoms. The van der Waals surface area contributed by atoms with E-state index in [2.05, 4.69) is 46.3 Å². The molecule has 0 aromatic heterocycles. The van der Waals surface area contributed by atoms with Gasteiger partial charge in [0.2, 0.25) is 0 Å². The van der Waals surface area contributed by atoms with Gasteiger partial charge in [-0.15, -0.1) is 6.42 Å². The largest absolute Gasteiger partial charge is 0.356 e. The highest BCUT2D eigenvalue weighted by molar-refractivity contribution is 6.76. The topological polar surface area (TPSA) is 59.3 Å². The molecule has 5 heteroatoms. The van der Waals surface area contributed by atoms with E-state index in [1.54, 1.807) is 12.2 Å². The van der Waals surface area contributed by atoms with Crippen molar-refractivity contribution in [3.05, 3.63) is 23.3 Å². The molecule has 0 N–H and O–H groups in total. The summed E-state index contributed by atoms with van der Waals surface area (Å²) in [6.45, 7) is 15.0. The van der Waals surface area contributed by atoms with Crippen LogP contribution in [0.25, 0.3) is 0 Å². The SMILES string of the molecule is C#C[C@]12C=C(C#N)C(=O)C=C1[C@@]1(C)CC[C@@H](OCOCC[Si](C)(C)C)C(C)(C)[C@@H]1CC2. The zero-order valence-corrected chi connectivity index (χ0v) is 21.0. The van der Waals surface area contributed by atoms with Gasteiger partial charge in [0.05, 0.1) is 17.1 Å². The predicted molar refractivity (Wildman–Crippen MR) is 126 cm³/mol. The predicted octanol–water partition coefficient (Wildman–Crippen LogP) is 5.50. The lowest BCUT2D eigenvalue weighted by Gasteiger charge is -2.61. The quantitative estimate of drug-likeness (QED) is 0.237. The number of ketones is 1. The summed E-state index contributed by atoms with van der Waals surface area (Å²) in [5.41, 5.74) is 0.336. The molecule has 0 aromatic carbocycles. The molecule has 0 saturated heterocycles. The second kappa shape index (κ2) is 8.36. The van der Waals surface area contributed by atoms with E-state index in [1.807, 2.05) is 6.07 Å². The van der Waals surface area contributed by atoms with Crippen LogP contribution in [0.1, 0.15) is 46.5 Å². The number of rotatable bonds is 6. The molecule has 0 bridgehead atoms. The highest BCUT2D eigenvalue weighted by Gasteiger charge is 2.59. The van der Waals surface area contributed by atoms with Gasteiger partial charge in [0.15, 0.2) is 5.78 Å². The fraction of sp³-hybridized carbons (Fsp3) is 0.692. The van der Waals surface area contributed by atoms with Crippen molar-refractivity contribution >= 4 is 13.9 Å². The Morgan fingerprint density at radius 1 is 1.23 bits per heavy atom. The number of hydrogen-bond donors (Lipinski definition) is 0. The molecule has 0 aliphatic heterocycles. The van der Waals surface area contributed by atoms with E-state index in [0.717, 1.165) is 43.9 Å². The average Bonchev–Trinajstić information content (AvgIpc) is 2.68. The van der Waals surface area contributed by atoms with E-state index in [0.29, 0.717) is 12.7 Å². The Bertz CT molecular complexity index is 882. The van der Waals surface area contributed by atoms with Crippen LogP contribution in [0.15, 0.2) is 23.3 Å². The van der Waals surface area contributed by atoms with Crippen molar-refractivity contribution in [2.45, 2.75) is 78.2 Å². The van der Waals surface area contributed by atoms with Gasteiger partial charge in [0, 0.05) is 14.7 Å². The second-order valence-electron chi connectivity index (χ2n) is 11.6. The maximum atomic E-state index is 12.6. The Morgan fingerprint density at radius 3 is 2.55 bits per heavy atom. The molecule has 3 rings (SSSR count). The van der Waals surface area contributed by atoms with E-state index in [-0.39, 0.29) is 28.3 Å². The Hall–Kier alpha value is -1.66. The number of carbonyl (C=O) groups is 1. The normalized spacial score (nSPS) is 34.5. The highest BCUT2D eigenvalue weighted by Crippen LogP contribution is 2.65. The molecule has 0 unspecified atom stereocenters. The third-order valence-corrected chi connectivity index (χ3v) is 9.71. The molecule has 3 aliphatic rings. The number of hydrogen-bond acceptors (Lipinski definition) is 4. The van der Waals surface area contributed by atoms with Gasteiger partial charge in [-0.2, -0.15) is 5.26 Å². The van der Waals surface area contributed by atoms with Crippen LogP contribution in [0.4, 0.5) is 0 Å². The molecule has 0 amide bonds. The van der Waals surface area contributed by atoms with E-state index < -0.39 is 13.5 Å². The highest BCUT2D eigenvalue weighted by atomic mass is 28.3. The number of nitriles is 1. The van der Waals surface area contributed by atoms with Crippen molar-refractivity contribution < 1.29 is 14.3 Å². The summed E-state index contributed by atoms with van der Waals surface area (Å²) in [6, 6.07) is 3.17. The Labute approximate surface area is 189 Å². The lowest BCUT2D eigenvalue weighted by molar-refractivity contribution is -0.174. The summed E-state index contributed by atoms with van der Waals surface area (Å²) in [6.07, 6.45) is 13.1. The van der Waals surface area contributed by atoms with Crippen LogP contribution in [0.3, 0.4) is 0 Å². The number of allylic oxidation sites excluding steroid dienone is 4. The van der Waals surface area contributed by atoms with Crippen molar-refractivity contribution in [1.82, 2.24) is 0 Å². The first-order valence-electron chi connectivity index (χ1n) is 11.5. The first-order valence-corrected chi connectivity index (χ1v) is 15.2. The van der Waals surface area contributed by atoms with E-state index in [9.17, 15) is 10.1 Å².